The Morgan fingerprint density at radius 3 is 2.32 bits per heavy atom. The predicted molar refractivity (Wildman–Crippen MR) is 78.3 cm³/mol. The number of hydrazone groups is 1. The molecule has 2 rings (SSSR count). The number of carbonyl (C=O) groups is 1. The van der Waals surface area contributed by atoms with Crippen molar-refractivity contribution in [2.24, 2.45) is 5.10 Å². The van der Waals surface area contributed by atoms with Crippen molar-refractivity contribution in [3.8, 4) is 0 Å². The van der Waals surface area contributed by atoms with Gasteiger partial charge in [-0.3, -0.25) is 4.79 Å². The minimum atomic E-state index is -0.141. The van der Waals surface area contributed by atoms with E-state index in [1.54, 1.807) is 0 Å². The topological polar surface area (TPSA) is 41.5 Å². The average molecular weight is 258 g/mol. The Kier molecular flexibility index (Phi) is 4.72. The number of benzene rings is 1. The normalized spacial score (nSPS) is 17.3. The lowest BCUT2D eigenvalue weighted by molar-refractivity contribution is -0.118. The molecular formula is C16H22N2O. The standard InChI is InChI=1S/C16H22N2O/c1-12(17-18-13(2)19)14-8-10-16(11-9-14)15-6-4-3-5-7-15/h8-11,15H,3-7H2,1-2H3,(H,18,19). The first-order valence-corrected chi connectivity index (χ1v) is 7.08. The zero-order valence-corrected chi connectivity index (χ0v) is 11.8. The van der Waals surface area contributed by atoms with Gasteiger partial charge in [-0.25, -0.2) is 5.43 Å². The van der Waals surface area contributed by atoms with Gasteiger partial charge in [-0.15, -0.1) is 0 Å². The SMILES string of the molecule is CC(=O)NN=C(C)c1ccc(C2CCCCC2)cc1. The number of hydrogen-bond donors (Lipinski definition) is 1. The number of rotatable bonds is 3. The lowest BCUT2D eigenvalue weighted by atomic mass is 9.84. The van der Waals surface area contributed by atoms with Crippen LogP contribution in [0.15, 0.2) is 29.4 Å². The molecule has 0 aromatic heterocycles. The Hall–Kier alpha value is -1.64. The second-order valence-electron chi connectivity index (χ2n) is 5.32. The molecule has 3 heteroatoms. The van der Waals surface area contributed by atoms with Gasteiger partial charge in [0, 0.05) is 6.92 Å². The van der Waals surface area contributed by atoms with Crippen LogP contribution in [0.3, 0.4) is 0 Å². The zero-order chi connectivity index (χ0) is 13.7. The predicted octanol–water partition coefficient (Wildman–Crippen LogP) is 3.59. The molecule has 0 radical (unpaired) electrons. The first kappa shape index (κ1) is 13.8. The molecule has 1 N–H and O–H groups in total. The van der Waals surface area contributed by atoms with Gasteiger partial charge in [-0.05, 0) is 36.8 Å². The van der Waals surface area contributed by atoms with Crippen molar-refractivity contribution in [1.82, 2.24) is 5.43 Å². The van der Waals surface area contributed by atoms with Crippen molar-refractivity contribution in [1.29, 1.82) is 0 Å². The minimum absolute atomic E-state index is 0.141. The number of carbonyl (C=O) groups excluding carboxylic acids is 1. The van der Waals surface area contributed by atoms with E-state index in [0.29, 0.717) is 0 Å². The summed E-state index contributed by atoms with van der Waals surface area (Å²) in [6.07, 6.45) is 6.73. The van der Waals surface area contributed by atoms with Gasteiger partial charge in [0.2, 0.25) is 5.91 Å². The summed E-state index contributed by atoms with van der Waals surface area (Å²) in [5.74, 6) is 0.591. The van der Waals surface area contributed by atoms with Crippen molar-refractivity contribution in [2.45, 2.75) is 51.9 Å². The van der Waals surface area contributed by atoms with Crippen LogP contribution in [0.4, 0.5) is 0 Å². The molecule has 1 saturated carbocycles. The van der Waals surface area contributed by atoms with Gasteiger partial charge in [-0.2, -0.15) is 5.10 Å². The molecule has 19 heavy (non-hydrogen) atoms. The summed E-state index contributed by atoms with van der Waals surface area (Å²) in [6.45, 7) is 3.37. The molecule has 0 atom stereocenters. The summed E-state index contributed by atoms with van der Waals surface area (Å²) in [4.78, 5) is 10.8. The second kappa shape index (κ2) is 6.50. The summed E-state index contributed by atoms with van der Waals surface area (Å²) in [5.41, 5.74) is 5.81. The Balaban J connectivity index is 2.05. The van der Waals surface area contributed by atoms with E-state index in [-0.39, 0.29) is 5.91 Å². The summed E-state index contributed by atoms with van der Waals surface area (Å²) in [5, 5.41) is 4.05. The number of nitrogens with zero attached hydrogens (tertiary/aromatic N) is 1. The van der Waals surface area contributed by atoms with Crippen LogP contribution >= 0.6 is 0 Å². The van der Waals surface area contributed by atoms with Gasteiger partial charge >= 0.3 is 0 Å². The molecule has 1 aliphatic rings. The van der Waals surface area contributed by atoms with E-state index in [1.807, 2.05) is 6.92 Å². The Morgan fingerprint density at radius 1 is 1.11 bits per heavy atom. The van der Waals surface area contributed by atoms with Gasteiger partial charge < -0.3 is 0 Å². The third-order valence-corrected chi connectivity index (χ3v) is 3.79. The Morgan fingerprint density at radius 2 is 1.74 bits per heavy atom. The quantitative estimate of drug-likeness (QED) is 0.653. The Bertz CT molecular complexity index is 456. The molecule has 1 aromatic carbocycles. The van der Waals surface area contributed by atoms with Gasteiger partial charge in [0.25, 0.3) is 0 Å². The molecule has 1 aliphatic carbocycles. The third-order valence-electron chi connectivity index (χ3n) is 3.79. The van der Waals surface area contributed by atoms with E-state index in [9.17, 15) is 4.79 Å². The highest BCUT2D eigenvalue weighted by atomic mass is 16.2. The lowest BCUT2D eigenvalue weighted by Gasteiger charge is -2.22. The molecule has 0 bridgehead atoms. The molecule has 3 nitrogen and oxygen atoms in total. The van der Waals surface area contributed by atoms with Crippen LogP contribution in [0, 0.1) is 0 Å². The molecule has 0 heterocycles. The monoisotopic (exact) mass is 258 g/mol. The fourth-order valence-electron chi connectivity index (χ4n) is 2.66. The molecule has 102 valence electrons. The molecule has 0 unspecified atom stereocenters. The van der Waals surface area contributed by atoms with E-state index in [1.165, 1.54) is 44.6 Å². The van der Waals surface area contributed by atoms with Gasteiger partial charge in [-0.1, -0.05) is 43.5 Å². The molecule has 1 amide bonds. The smallest absolute Gasteiger partial charge is 0.236 e. The summed E-state index contributed by atoms with van der Waals surface area (Å²) >= 11 is 0. The second-order valence-corrected chi connectivity index (χ2v) is 5.32. The number of nitrogens with one attached hydrogen (secondary N) is 1. The molecule has 0 aliphatic heterocycles. The highest BCUT2D eigenvalue weighted by molar-refractivity contribution is 5.99. The van der Waals surface area contributed by atoms with E-state index in [2.05, 4.69) is 34.8 Å². The number of amides is 1. The first-order chi connectivity index (χ1) is 9.16. The van der Waals surface area contributed by atoms with Crippen LogP contribution in [-0.4, -0.2) is 11.6 Å². The highest BCUT2D eigenvalue weighted by Crippen LogP contribution is 2.32. The van der Waals surface area contributed by atoms with Crippen LogP contribution in [0.2, 0.25) is 0 Å². The van der Waals surface area contributed by atoms with Crippen LogP contribution in [0.25, 0.3) is 0 Å². The van der Waals surface area contributed by atoms with Gasteiger partial charge in [0.15, 0.2) is 0 Å². The number of hydrogen-bond acceptors (Lipinski definition) is 2. The maximum atomic E-state index is 10.8. The van der Waals surface area contributed by atoms with Crippen molar-refractivity contribution in [3.63, 3.8) is 0 Å². The van der Waals surface area contributed by atoms with E-state index >= 15 is 0 Å². The van der Waals surface area contributed by atoms with E-state index in [0.717, 1.165) is 17.2 Å². The van der Waals surface area contributed by atoms with Gasteiger partial charge in [0.1, 0.15) is 0 Å². The van der Waals surface area contributed by atoms with Crippen molar-refractivity contribution < 1.29 is 4.79 Å². The zero-order valence-electron chi connectivity index (χ0n) is 11.8. The van der Waals surface area contributed by atoms with Crippen LogP contribution in [0.1, 0.15) is 63.0 Å². The summed E-state index contributed by atoms with van der Waals surface area (Å²) in [6, 6.07) is 8.62. The molecule has 0 spiro atoms. The third kappa shape index (κ3) is 3.91. The van der Waals surface area contributed by atoms with Crippen LogP contribution in [-0.2, 0) is 4.79 Å². The largest absolute Gasteiger partial charge is 0.274 e. The maximum Gasteiger partial charge on any atom is 0.236 e. The fourth-order valence-corrected chi connectivity index (χ4v) is 2.66. The molecule has 0 saturated heterocycles. The van der Waals surface area contributed by atoms with Crippen LogP contribution < -0.4 is 5.43 Å². The summed E-state index contributed by atoms with van der Waals surface area (Å²) in [7, 11) is 0. The molecule has 1 aromatic rings. The molecular weight excluding hydrogens is 236 g/mol. The molecule has 1 fully saturated rings. The highest BCUT2D eigenvalue weighted by Gasteiger charge is 2.15. The van der Waals surface area contributed by atoms with Crippen LogP contribution in [0.5, 0.6) is 0 Å². The summed E-state index contributed by atoms with van der Waals surface area (Å²) < 4.78 is 0. The minimum Gasteiger partial charge on any atom is -0.274 e. The van der Waals surface area contributed by atoms with Crippen molar-refractivity contribution >= 4 is 11.6 Å². The Labute approximate surface area is 115 Å². The maximum absolute atomic E-state index is 10.8. The fraction of sp³-hybridized carbons (Fsp3) is 0.500. The van der Waals surface area contributed by atoms with E-state index < -0.39 is 0 Å². The van der Waals surface area contributed by atoms with Crippen molar-refractivity contribution in [2.75, 3.05) is 0 Å². The lowest BCUT2D eigenvalue weighted by Crippen LogP contribution is -2.15. The average Bonchev–Trinajstić information content (AvgIpc) is 2.46. The van der Waals surface area contributed by atoms with Crippen molar-refractivity contribution in [3.05, 3.63) is 35.4 Å². The van der Waals surface area contributed by atoms with Gasteiger partial charge in [0.05, 0.1) is 5.71 Å². The van der Waals surface area contributed by atoms with E-state index in [4.69, 9.17) is 0 Å². The first-order valence-electron chi connectivity index (χ1n) is 7.08.